The van der Waals surface area contributed by atoms with Crippen LogP contribution in [0.25, 0.3) is 0 Å². The molecule has 5 heteroatoms. The first kappa shape index (κ1) is 15.9. The van der Waals surface area contributed by atoms with Gasteiger partial charge in [0.2, 0.25) is 5.91 Å². The summed E-state index contributed by atoms with van der Waals surface area (Å²) in [6.45, 7) is 5.77. The molecule has 0 saturated heterocycles. The van der Waals surface area contributed by atoms with Crippen molar-refractivity contribution in [3.8, 4) is 0 Å². The second-order valence-corrected chi connectivity index (χ2v) is 7.10. The van der Waals surface area contributed by atoms with Crippen molar-refractivity contribution in [1.29, 1.82) is 0 Å². The first-order valence-corrected chi connectivity index (χ1v) is 7.85. The van der Waals surface area contributed by atoms with Gasteiger partial charge in [0.25, 0.3) is 0 Å². The van der Waals surface area contributed by atoms with Crippen LogP contribution in [-0.4, -0.2) is 15.7 Å². The molecule has 0 bridgehead atoms. The highest BCUT2D eigenvalue weighted by Crippen LogP contribution is 2.65. The lowest BCUT2D eigenvalue weighted by Gasteiger charge is -2.19. The highest BCUT2D eigenvalue weighted by atomic mass is 35.5. The Bertz CT molecular complexity index is 518. The molecule has 1 amide bonds. The van der Waals surface area contributed by atoms with E-state index >= 15 is 0 Å². The molecule has 110 valence electrons. The predicted molar refractivity (Wildman–Crippen MR) is 84.6 cm³/mol. The number of halogens is 3. The van der Waals surface area contributed by atoms with E-state index in [1.807, 2.05) is 32.9 Å². The zero-order valence-corrected chi connectivity index (χ0v) is 14.0. The van der Waals surface area contributed by atoms with E-state index in [0.717, 1.165) is 5.56 Å². The lowest BCUT2D eigenvalue weighted by atomic mass is 10.1. The first-order chi connectivity index (χ1) is 9.27. The molecule has 1 aliphatic rings. The second-order valence-electron chi connectivity index (χ2n) is 5.40. The van der Waals surface area contributed by atoms with Gasteiger partial charge in [-0.1, -0.05) is 37.6 Å². The van der Waals surface area contributed by atoms with Crippen molar-refractivity contribution in [1.82, 2.24) is 5.32 Å². The van der Waals surface area contributed by atoms with Gasteiger partial charge in [-0.25, -0.2) is 0 Å². The molecule has 4 atom stereocenters. The zero-order valence-electron chi connectivity index (χ0n) is 11.7. The summed E-state index contributed by atoms with van der Waals surface area (Å²) < 4.78 is 0. The fourth-order valence-electron chi connectivity index (χ4n) is 2.73. The summed E-state index contributed by atoms with van der Waals surface area (Å²) >= 11 is 18.7. The number of alkyl halides is 2. The molecule has 0 aliphatic heterocycles. The third-order valence-electron chi connectivity index (χ3n) is 4.37. The van der Waals surface area contributed by atoms with Crippen LogP contribution in [0.15, 0.2) is 24.3 Å². The van der Waals surface area contributed by atoms with Crippen LogP contribution < -0.4 is 5.32 Å². The van der Waals surface area contributed by atoms with Gasteiger partial charge < -0.3 is 5.32 Å². The number of amides is 1. The monoisotopic (exact) mass is 333 g/mol. The van der Waals surface area contributed by atoms with E-state index in [0.29, 0.717) is 11.4 Å². The van der Waals surface area contributed by atoms with E-state index in [1.54, 1.807) is 12.1 Å². The first-order valence-electron chi connectivity index (χ1n) is 6.71. The molecule has 0 aromatic heterocycles. The molecule has 1 fully saturated rings. The molecule has 1 N–H and O–H groups in total. The highest BCUT2D eigenvalue weighted by molar-refractivity contribution is 6.48. The highest BCUT2D eigenvalue weighted by Gasteiger charge is 2.76. The number of hydrogen-bond donors (Lipinski definition) is 1. The van der Waals surface area contributed by atoms with Crippen molar-refractivity contribution in [2.45, 2.75) is 43.0 Å². The quantitative estimate of drug-likeness (QED) is 0.805. The Morgan fingerprint density at radius 1 is 1.35 bits per heavy atom. The minimum Gasteiger partial charge on any atom is -0.348 e. The van der Waals surface area contributed by atoms with Gasteiger partial charge in [-0.3, -0.25) is 4.79 Å². The Labute approximate surface area is 134 Å². The molecule has 4 unspecified atom stereocenters. The molecule has 20 heavy (non-hydrogen) atoms. The van der Waals surface area contributed by atoms with Crippen molar-refractivity contribution in [2.24, 2.45) is 5.92 Å². The van der Waals surface area contributed by atoms with E-state index in [2.05, 4.69) is 5.32 Å². The van der Waals surface area contributed by atoms with Gasteiger partial charge in [0, 0.05) is 10.9 Å². The third kappa shape index (κ3) is 2.32. The summed E-state index contributed by atoms with van der Waals surface area (Å²) in [5.74, 6) is -0.244. The van der Waals surface area contributed by atoms with E-state index in [9.17, 15) is 4.79 Å². The lowest BCUT2D eigenvalue weighted by molar-refractivity contribution is -0.122. The van der Waals surface area contributed by atoms with Crippen molar-refractivity contribution < 1.29 is 4.79 Å². The Balaban J connectivity index is 2.08. The minimum atomic E-state index is -1.01. The summed E-state index contributed by atoms with van der Waals surface area (Å²) in [5, 5.41) is 3.61. The van der Waals surface area contributed by atoms with Crippen LogP contribution in [0, 0.1) is 5.92 Å². The molecule has 1 saturated carbocycles. The molecular formula is C15H18Cl3NO. The molecule has 2 nitrogen and oxygen atoms in total. The number of hydrogen-bond acceptors (Lipinski definition) is 1. The molecule has 1 aliphatic carbocycles. The molecule has 0 spiro atoms. The largest absolute Gasteiger partial charge is 0.348 e. The number of carbonyl (C=O) groups excluding carboxylic acids is 1. The summed E-state index contributed by atoms with van der Waals surface area (Å²) in [5.41, 5.74) is 0.980. The molecule has 2 rings (SSSR count). The van der Waals surface area contributed by atoms with Gasteiger partial charge >= 0.3 is 0 Å². The van der Waals surface area contributed by atoms with Crippen LogP contribution in [0.2, 0.25) is 5.02 Å². The zero-order chi connectivity index (χ0) is 15.1. The fraction of sp³-hybridized carbons (Fsp3) is 0.533. The Kier molecular flexibility index (Phi) is 4.30. The van der Waals surface area contributed by atoms with E-state index in [1.165, 1.54) is 0 Å². The minimum absolute atomic E-state index is 0.0410. The SMILES string of the molecule is CCC1(Cl)C(C)C1(Cl)C(=O)NC(C)c1ccc(Cl)cc1. The maximum Gasteiger partial charge on any atom is 0.243 e. The predicted octanol–water partition coefficient (Wildman–Crippen LogP) is 4.53. The van der Waals surface area contributed by atoms with Crippen LogP contribution in [0.1, 0.15) is 38.8 Å². The van der Waals surface area contributed by atoms with Gasteiger partial charge in [-0.05, 0) is 31.0 Å². The van der Waals surface area contributed by atoms with Crippen molar-refractivity contribution in [2.75, 3.05) is 0 Å². The third-order valence-corrected chi connectivity index (χ3v) is 6.44. The smallest absolute Gasteiger partial charge is 0.243 e. The average Bonchev–Trinajstić information content (AvgIpc) is 2.87. The Morgan fingerprint density at radius 3 is 2.35 bits per heavy atom. The number of nitrogens with one attached hydrogen (secondary N) is 1. The van der Waals surface area contributed by atoms with Crippen molar-refractivity contribution >= 4 is 40.7 Å². The Hall–Kier alpha value is -0.440. The molecule has 0 radical (unpaired) electrons. The standard InChI is InChI=1S/C15H18Cl3NO/c1-4-14(17)10(3)15(14,18)13(20)19-9(2)11-5-7-12(16)8-6-11/h5-10H,4H2,1-3H3,(H,19,20). The summed E-state index contributed by atoms with van der Waals surface area (Å²) in [4.78, 5) is 10.8. The van der Waals surface area contributed by atoms with Crippen LogP contribution in [0.3, 0.4) is 0 Å². The summed E-state index contributed by atoms with van der Waals surface area (Å²) in [7, 11) is 0. The van der Waals surface area contributed by atoms with Crippen molar-refractivity contribution in [3.05, 3.63) is 34.9 Å². The number of rotatable bonds is 4. The number of benzene rings is 1. The Morgan fingerprint density at radius 2 is 1.90 bits per heavy atom. The van der Waals surface area contributed by atoms with Crippen LogP contribution >= 0.6 is 34.8 Å². The summed E-state index contributed by atoms with van der Waals surface area (Å²) in [6, 6.07) is 7.23. The van der Waals surface area contributed by atoms with E-state index in [-0.39, 0.29) is 17.9 Å². The van der Waals surface area contributed by atoms with Crippen LogP contribution in [0.4, 0.5) is 0 Å². The average molecular weight is 335 g/mol. The molecular weight excluding hydrogens is 317 g/mol. The van der Waals surface area contributed by atoms with Gasteiger partial charge in [-0.2, -0.15) is 0 Å². The lowest BCUT2D eigenvalue weighted by Crippen LogP contribution is -2.39. The number of carbonyl (C=O) groups is 1. The van der Waals surface area contributed by atoms with Crippen LogP contribution in [-0.2, 0) is 4.79 Å². The second kappa shape index (κ2) is 5.40. The van der Waals surface area contributed by atoms with Crippen molar-refractivity contribution in [3.63, 3.8) is 0 Å². The van der Waals surface area contributed by atoms with Crippen LogP contribution in [0.5, 0.6) is 0 Å². The molecule has 1 aromatic carbocycles. The van der Waals surface area contributed by atoms with Gasteiger partial charge in [0.1, 0.15) is 4.87 Å². The maximum absolute atomic E-state index is 12.4. The molecule has 1 aromatic rings. The normalized spacial score (nSPS) is 33.6. The van der Waals surface area contributed by atoms with Gasteiger partial charge in [0.15, 0.2) is 0 Å². The van der Waals surface area contributed by atoms with Gasteiger partial charge in [-0.15, -0.1) is 23.2 Å². The fourth-order valence-corrected chi connectivity index (χ4v) is 3.76. The van der Waals surface area contributed by atoms with E-state index < -0.39 is 9.75 Å². The topological polar surface area (TPSA) is 29.1 Å². The maximum atomic E-state index is 12.4. The van der Waals surface area contributed by atoms with Gasteiger partial charge in [0.05, 0.1) is 10.9 Å². The molecule has 0 heterocycles. The summed E-state index contributed by atoms with van der Waals surface area (Å²) in [6.07, 6.45) is 0.669. The van der Waals surface area contributed by atoms with E-state index in [4.69, 9.17) is 34.8 Å².